The van der Waals surface area contributed by atoms with Crippen molar-refractivity contribution in [3.05, 3.63) is 32.7 Å². The number of thiazole rings is 1. The zero-order valence-electron chi connectivity index (χ0n) is 13.7. The topological polar surface area (TPSA) is 91.1 Å². The molecular weight excluding hydrogens is 346 g/mol. The van der Waals surface area contributed by atoms with Crippen LogP contribution in [-0.2, 0) is 10.0 Å². The molecule has 0 unspecified atom stereocenters. The van der Waals surface area contributed by atoms with Crippen LogP contribution in [0.4, 0.5) is 5.69 Å². The molecule has 1 aliphatic carbocycles. The van der Waals surface area contributed by atoms with Gasteiger partial charge in [-0.3, -0.25) is 4.79 Å². The van der Waals surface area contributed by atoms with Crippen LogP contribution in [0.1, 0.15) is 31.2 Å². The lowest BCUT2D eigenvalue weighted by molar-refractivity contribution is 0.552. The summed E-state index contributed by atoms with van der Waals surface area (Å²) in [6.07, 6.45) is 3.89. The molecule has 1 aromatic carbocycles. The molecule has 1 fully saturated rings. The zero-order chi connectivity index (χ0) is 17.3. The Morgan fingerprint density at radius 2 is 1.96 bits per heavy atom. The Morgan fingerprint density at radius 1 is 1.25 bits per heavy atom. The van der Waals surface area contributed by atoms with Crippen molar-refractivity contribution >= 4 is 27.0 Å². The lowest BCUT2D eigenvalue weighted by Crippen LogP contribution is -2.33. The van der Waals surface area contributed by atoms with Crippen molar-refractivity contribution in [2.24, 2.45) is 0 Å². The SMILES string of the molecule is CNc1cc(-c2csc(=O)[nH]2)cc(S(=O)(=O)NC2CCCC2)c1C. The second kappa shape index (κ2) is 6.70. The summed E-state index contributed by atoms with van der Waals surface area (Å²) in [6, 6.07) is 3.49. The molecule has 0 atom stereocenters. The standard InChI is InChI=1S/C16H21N3O3S2/c1-10-13(17-2)7-11(14-9-23-16(20)18-14)8-15(10)24(21,22)19-12-5-3-4-6-12/h7-9,12,17,19H,3-6H2,1-2H3,(H,18,20). The summed E-state index contributed by atoms with van der Waals surface area (Å²) in [5.74, 6) is 0. The van der Waals surface area contributed by atoms with Gasteiger partial charge in [-0.15, -0.1) is 0 Å². The minimum absolute atomic E-state index is 0.0112. The van der Waals surface area contributed by atoms with Crippen molar-refractivity contribution in [2.45, 2.75) is 43.5 Å². The van der Waals surface area contributed by atoms with E-state index in [1.807, 2.05) is 6.07 Å². The summed E-state index contributed by atoms with van der Waals surface area (Å²) < 4.78 is 28.5. The van der Waals surface area contributed by atoms with Crippen molar-refractivity contribution in [3.63, 3.8) is 0 Å². The van der Waals surface area contributed by atoms with Crippen molar-refractivity contribution in [2.75, 3.05) is 12.4 Å². The molecule has 0 saturated heterocycles. The Labute approximate surface area is 145 Å². The van der Waals surface area contributed by atoms with Crippen LogP contribution in [0.2, 0.25) is 0 Å². The van der Waals surface area contributed by atoms with Gasteiger partial charge in [0.15, 0.2) is 0 Å². The molecule has 1 aliphatic rings. The average Bonchev–Trinajstić information content (AvgIpc) is 3.18. The smallest absolute Gasteiger partial charge is 0.304 e. The quantitative estimate of drug-likeness (QED) is 0.758. The number of nitrogens with one attached hydrogen (secondary N) is 3. The summed E-state index contributed by atoms with van der Waals surface area (Å²) in [5, 5.41) is 4.74. The summed E-state index contributed by atoms with van der Waals surface area (Å²) in [4.78, 5) is 14.2. The second-order valence-electron chi connectivity index (χ2n) is 6.06. The molecule has 1 saturated carbocycles. The highest BCUT2D eigenvalue weighted by molar-refractivity contribution is 7.89. The van der Waals surface area contributed by atoms with Gasteiger partial charge in [-0.1, -0.05) is 24.2 Å². The van der Waals surface area contributed by atoms with Crippen LogP contribution < -0.4 is 14.9 Å². The van der Waals surface area contributed by atoms with Gasteiger partial charge in [-0.05, 0) is 37.5 Å². The Kier molecular flexibility index (Phi) is 4.80. The lowest BCUT2D eigenvalue weighted by atomic mass is 10.1. The number of aromatic amines is 1. The fourth-order valence-corrected chi connectivity index (χ4v) is 5.32. The zero-order valence-corrected chi connectivity index (χ0v) is 15.3. The van der Waals surface area contributed by atoms with Gasteiger partial charge < -0.3 is 10.3 Å². The van der Waals surface area contributed by atoms with Crippen molar-refractivity contribution < 1.29 is 8.42 Å². The molecule has 0 spiro atoms. The van der Waals surface area contributed by atoms with E-state index in [1.165, 1.54) is 0 Å². The first-order valence-electron chi connectivity index (χ1n) is 7.93. The first-order chi connectivity index (χ1) is 11.4. The number of H-pyrrole nitrogens is 1. The van der Waals surface area contributed by atoms with Crippen LogP contribution in [0.25, 0.3) is 11.3 Å². The van der Waals surface area contributed by atoms with E-state index >= 15 is 0 Å². The van der Waals surface area contributed by atoms with Gasteiger partial charge in [0, 0.05) is 29.7 Å². The minimum Gasteiger partial charge on any atom is -0.388 e. The van der Waals surface area contributed by atoms with Crippen molar-refractivity contribution in [3.8, 4) is 11.3 Å². The number of benzene rings is 1. The maximum Gasteiger partial charge on any atom is 0.304 e. The van der Waals surface area contributed by atoms with Gasteiger partial charge in [0.25, 0.3) is 0 Å². The Morgan fingerprint density at radius 3 is 2.54 bits per heavy atom. The first kappa shape index (κ1) is 17.2. The van der Waals surface area contributed by atoms with Crippen molar-refractivity contribution in [1.29, 1.82) is 0 Å². The highest BCUT2D eigenvalue weighted by atomic mass is 32.2. The van der Waals surface area contributed by atoms with E-state index in [0.717, 1.165) is 42.7 Å². The summed E-state index contributed by atoms with van der Waals surface area (Å²) in [5.41, 5.74) is 2.70. The molecule has 1 heterocycles. The van der Waals surface area contributed by atoms with E-state index in [1.54, 1.807) is 25.4 Å². The van der Waals surface area contributed by atoms with Gasteiger partial charge in [0.2, 0.25) is 10.0 Å². The fraction of sp³-hybridized carbons (Fsp3) is 0.438. The van der Waals surface area contributed by atoms with E-state index in [4.69, 9.17) is 0 Å². The highest BCUT2D eigenvalue weighted by Crippen LogP contribution is 2.31. The van der Waals surface area contributed by atoms with Crippen LogP contribution in [0, 0.1) is 6.92 Å². The van der Waals surface area contributed by atoms with Crippen LogP contribution >= 0.6 is 11.3 Å². The second-order valence-corrected chi connectivity index (χ2v) is 8.59. The number of sulfonamides is 1. The molecule has 24 heavy (non-hydrogen) atoms. The molecule has 0 radical (unpaired) electrons. The number of hydrogen-bond acceptors (Lipinski definition) is 5. The first-order valence-corrected chi connectivity index (χ1v) is 10.3. The number of hydrogen-bond donors (Lipinski definition) is 3. The Balaban J connectivity index is 2.07. The van der Waals surface area contributed by atoms with Gasteiger partial charge >= 0.3 is 4.87 Å². The van der Waals surface area contributed by atoms with E-state index in [2.05, 4.69) is 15.0 Å². The van der Waals surface area contributed by atoms with Gasteiger partial charge in [-0.2, -0.15) is 0 Å². The maximum atomic E-state index is 12.9. The third-order valence-electron chi connectivity index (χ3n) is 4.43. The van der Waals surface area contributed by atoms with Crippen molar-refractivity contribution in [1.82, 2.24) is 9.71 Å². The van der Waals surface area contributed by atoms with Crippen LogP contribution in [0.3, 0.4) is 0 Å². The van der Waals surface area contributed by atoms with E-state index in [0.29, 0.717) is 16.8 Å². The minimum atomic E-state index is -3.61. The van der Waals surface area contributed by atoms with Gasteiger partial charge in [0.1, 0.15) is 0 Å². The predicted octanol–water partition coefficient (Wildman–Crippen LogP) is 2.67. The van der Waals surface area contributed by atoms with E-state index in [9.17, 15) is 13.2 Å². The summed E-state index contributed by atoms with van der Waals surface area (Å²) in [6.45, 7) is 1.79. The van der Waals surface area contributed by atoms with E-state index in [-0.39, 0.29) is 15.8 Å². The molecule has 0 aliphatic heterocycles. The molecule has 0 bridgehead atoms. The molecule has 1 aromatic heterocycles. The molecule has 3 N–H and O–H groups in total. The molecular formula is C16H21N3O3S2. The highest BCUT2D eigenvalue weighted by Gasteiger charge is 2.25. The summed E-state index contributed by atoms with van der Waals surface area (Å²) in [7, 11) is -1.86. The fourth-order valence-electron chi connectivity index (χ4n) is 3.13. The van der Waals surface area contributed by atoms with Gasteiger partial charge in [0.05, 0.1) is 10.6 Å². The average molecular weight is 367 g/mol. The number of aromatic nitrogens is 1. The predicted molar refractivity (Wildman–Crippen MR) is 97.2 cm³/mol. The van der Waals surface area contributed by atoms with E-state index < -0.39 is 10.0 Å². The monoisotopic (exact) mass is 367 g/mol. The van der Waals surface area contributed by atoms with Crippen LogP contribution in [-0.4, -0.2) is 26.5 Å². The molecule has 8 heteroatoms. The number of rotatable bonds is 5. The molecule has 130 valence electrons. The Hall–Kier alpha value is -1.64. The molecule has 2 aromatic rings. The lowest BCUT2D eigenvalue weighted by Gasteiger charge is -2.17. The normalized spacial score (nSPS) is 15.8. The molecule has 6 nitrogen and oxygen atoms in total. The number of anilines is 1. The third kappa shape index (κ3) is 3.40. The largest absolute Gasteiger partial charge is 0.388 e. The maximum absolute atomic E-state index is 12.9. The van der Waals surface area contributed by atoms with Gasteiger partial charge in [-0.25, -0.2) is 13.1 Å². The third-order valence-corrected chi connectivity index (χ3v) is 6.74. The van der Waals surface area contributed by atoms with Crippen LogP contribution in [0.5, 0.6) is 0 Å². The molecule has 0 amide bonds. The Bertz CT molecular complexity index is 894. The molecule has 3 rings (SSSR count). The van der Waals surface area contributed by atoms with Crippen LogP contribution in [0.15, 0.2) is 27.2 Å². The summed E-state index contributed by atoms with van der Waals surface area (Å²) >= 11 is 1.06.